The first-order valence-electron chi connectivity index (χ1n) is 6.56. The van der Waals surface area contributed by atoms with Crippen LogP contribution in [0.4, 0.5) is 0 Å². The van der Waals surface area contributed by atoms with Crippen LogP contribution in [0.1, 0.15) is 18.5 Å². The van der Waals surface area contributed by atoms with E-state index in [1.54, 1.807) is 19.2 Å². The van der Waals surface area contributed by atoms with Gasteiger partial charge in [-0.1, -0.05) is 0 Å². The maximum atomic E-state index is 12.2. The van der Waals surface area contributed by atoms with Gasteiger partial charge in [-0.2, -0.15) is 0 Å². The zero-order chi connectivity index (χ0) is 15.4. The van der Waals surface area contributed by atoms with Crippen molar-refractivity contribution in [2.75, 3.05) is 27.9 Å². The smallest absolute Gasteiger partial charge is 0.254 e. The van der Waals surface area contributed by atoms with E-state index >= 15 is 0 Å². The van der Waals surface area contributed by atoms with E-state index in [0.29, 0.717) is 35.3 Å². The molecule has 0 aromatic heterocycles. The Bertz CT molecular complexity index is 546. The molecule has 0 saturated carbocycles. The number of amides is 1. The van der Waals surface area contributed by atoms with Crippen LogP contribution in [0.15, 0.2) is 17.1 Å². The van der Waals surface area contributed by atoms with E-state index in [4.69, 9.17) is 14.2 Å². The summed E-state index contributed by atoms with van der Waals surface area (Å²) in [4.78, 5) is 16.3. The van der Waals surface area contributed by atoms with E-state index in [9.17, 15) is 4.79 Å². The third-order valence-electron chi connectivity index (χ3n) is 3.14. The van der Waals surface area contributed by atoms with E-state index in [0.717, 1.165) is 0 Å². The average Bonchev–Trinajstić information content (AvgIpc) is 2.86. The molecule has 114 valence electrons. The molecular formula is C14H19N3O4. The molecule has 1 aliphatic heterocycles. The Kier molecular flexibility index (Phi) is 4.52. The number of guanidine groups is 1. The Labute approximate surface area is 123 Å². The maximum Gasteiger partial charge on any atom is 0.254 e. The third kappa shape index (κ3) is 2.86. The van der Waals surface area contributed by atoms with Crippen LogP contribution in [0.3, 0.4) is 0 Å². The van der Waals surface area contributed by atoms with Gasteiger partial charge < -0.3 is 19.5 Å². The lowest BCUT2D eigenvalue weighted by atomic mass is 10.0. The van der Waals surface area contributed by atoms with Gasteiger partial charge in [0.25, 0.3) is 5.91 Å². The van der Waals surface area contributed by atoms with Crippen LogP contribution >= 0.6 is 0 Å². The van der Waals surface area contributed by atoms with Gasteiger partial charge in [0.15, 0.2) is 5.96 Å². The number of methoxy groups -OCH3 is 3. The summed E-state index contributed by atoms with van der Waals surface area (Å²) in [5.74, 6) is 1.86. The minimum Gasteiger partial charge on any atom is -0.496 e. The van der Waals surface area contributed by atoms with Crippen LogP contribution in [0, 0.1) is 0 Å². The first-order chi connectivity index (χ1) is 10.1. The van der Waals surface area contributed by atoms with E-state index in [-0.39, 0.29) is 5.91 Å². The van der Waals surface area contributed by atoms with Crippen molar-refractivity contribution in [1.82, 2.24) is 10.6 Å². The number of benzene rings is 1. The predicted molar refractivity (Wildman–Crippen MR) is 78.1 cm³/mol. The van der Waals surface area contributed by atoms with Gasteiger partial charge in [-0.25, -0.2) is 0 Å². The largest absolute Gasteiger partial charge is 0.496 e. The molecule has 1 aromatic rings. The zero-order valence-corrected chi connectivity index (χ0v) is 12.5. The van der Waals surface area contributed by atoms with Gasteiger partial charge in [0.2, 0.25) is 0 Å². The minimum absolute atomic E-state index is 0.205. The van der Waals surface area contributed by atoms with Gasteiger partial charge in [-0.15, -0.1) is 0 Å². The van der Waals surface area contributed by atoms with E-state index in [1.807, 2.05) is 6.92 Å². The van der Waals surface area contributed by atoms with Gasteiger partial charge >= 0.3 is 0 Å². The van der Waals surface area contributed by atoms with Crippen LogP contribution in [-0.4, -0.2) is 39.7 Å². The quantitative estimate of drug-likeness (QED) is 0.841. The number of rotatable bonds is 5. The molecule has 1 fully saturated rings. The number of aliphatic imine (C=N–C) groups is 1. The van der Waals surface area contributed by atoms with Crippen LogP contribution < -0.4 is 24.8 Å². The summed E-state index contributed by atoms with van der Waals surface area (Å²) in [5.41, 5.74) is 0.611. The summed E-state index contributed by atoms with van der Waals surface area (Å²) in [6.07, 6.45) is 0. The Hall–Kier alpha value is -2.44. The van der Waals surface area contributed by atoms with Gasteiger partial charge in [0.05, 0.1) is 26.9 Å². The maximum absolute atomic E-state index is 12.2. The summed E-state index contributed by atoms with van der Waals surface area (Å²) >= 11 is 0. The van der Waals surface area contributed by atoms with Crippen molar-refractivity contribution < 1.29 is 19.0 Å². The van der Waals surface area contributed by atoms with Crippen LogP contribution in [-0.2, 0) is 4.79 Å². The fourth-order valence-electron chi connectivity index (χ4n) is 2.19. The Morgan fingerprint density at radius 1 is 1.14 bits per heavy atom. The molecule has 2 rings (SSSR count). The Balaban J connectivity index is 2.47. The monoisotopic (exact) mass is 293 g/mol. The Morgan fingerprint density at radius 3 is 2.24 bits per heavy atom. The van der Waals surface area contributed by atoms with Crippen LogP contribution in [0.25, 0.3) is 0 Å². The number of ether oxygens (including phenoxy) is 3. The second-order valence-corrected chi connectivity index (χ2v) is 4.34. The first-order valence-corrected chi connectivity index (χ1v) is 6.56. The highest BCUT2D eigenvalue weighted by Gasteiger charge is 2.34. The third-order valence-corrected chi connectivity index (χ3v) is 3.14. The molecule has 1 saturated heterocycles. The molecule has 0 radical (unpaired) electrons. The number of nitrogens with one attached hydrogen (secondary N) is 2. The number of hydrogen-bond acceptors (Lipinski definition) is 5. The lowest BCUT2D eigenvalue weighted by molar-refractivity contribution is -0.120. The highest BCUT2D eigenvalue weighted by Crippen LogP contribution is 2.39. The molecule has 7 nitrogen and oxygen atoms in total. The molecule has 0 spiro atoms. The highest BCUT2D eigenvalue weighted by atomic mass is 16.5. The fraction of sp³-hybridized carbons (Fsp3) is 0.429. The second kappa shape index (κ2) is 6.34. The topological polar surface area (TPSA) is 81.2 Å². The van der Waals surface area contributed by atoms with Crippen molar-refractivity contribution in [1.29, 1.82) is 0 Å². The molecule has 1 amide bonds. The van der Waals surface area contributed by atoms with Gasteiger partial charge in [0.1, 0.15) is 23.3 Å². The summed E-state index contributed by atoms with van der Waals surface area (Å²) in [7, 11) is 4.62. The van der Waals surface area contributed by atoms with E-state index in [1.165, 1.54) is 14.2 Å². The second-order valence-electron chi connectivity index (χ2n) is 4.34. The predicted octanol–water partition coefficient (Wildman–Crippen LogP) is 0.849. The van der Waals surface area contributed by atoms with E-state index in [2.05, 4.69) is 15.6 Å². The normalized spacial score (nSPS) is 19.1. The van der Waals surface area contributed by atoms with Gasteiger partial charge in [0, 0.05) is 18.7 Å². The molecule has 1 unspecified atom stereocenters. The molecule has 0 bridgehead atoms. The molecule has 0 aliphatic carbocycles. The average molecular weight is 293 g/mol. The summed E-state index contributed by atoms with van der Waals surface area (Å²) < 4.78 is 15.9. The summed E-state index contributed by atoms with van der Waals surface area (Å²) in [5, 5.41) is 5.73. The summed E-state index contributed by atoms with van der Waals surface area (Å²) in [6.45, 7) is 2.47. The lowest BCUT2D eigenvalue weighted by Crippen LogP contribution is -2.25. The molecule has 21 heavy (non-hydrogen) atoms. The molecule has 1 aromatic carbocycles. The lowest BCUT2D eigenvalue weighted by Gasteiger charge is -2.18. The molecule has 7 heteroatoms. The zero-order valence-electron chi connectivity index (χ0n) is 12.5. The number of hydrogen-bond donors (Lipinski definition) is 2. The molecular weight excluding hydrogens is 274 g/mol. The van der Waals surface area contributed by atoms with Crippen molar-refractivity contribution in [2.45, 2.75) is 13.0 Å². The minimum atomic E-state index is -0.619. The Morgan fingerprint density at radius 2 is 1.76 bits per heavy atom. The summed E-state index contributed by atoms with van der Waals surface area (Å²) in [6, 6.07) is 2.80. The SMILES string of the molecule is CCN=C1NC(=O)C(c2c(OC)cc(OC)cc2OC)N1. The van der Waals surface area contributed by atoms with Crippen molar-refractivity contribution in [3.05, 3.63) is 17.7 Å². The van der Waals surface area contributed by atoms with E-state index < -0.39 is 6.04 Å². The van der Waals surface area contributed by atoms with Crippen molar-refractivity contribution >= 4 is 11.9 Å². The van der Waals surface area contributed by atoms with Crippen LogP contribution in [0.2, 0.25) is 0 Å². The highest BCUT2D eigenvalue weighted by molar-refractivity contribution is 6.07. The first kappa shape index (κ1) is 15.0. The standard InChI is InChI=1S/C14H19N3O4/c1-5-15-14-16-12(13(18)17-14)11-9(20-3)6-8(19-2)7-10(11)21-4/h6-7,12H,5H2,1-4H3,(H2,15,16,17,18). The number of nitrogens with zero attached hydrogens (tertiary/aromatic N) is 1. The molecule has 2 N–H and O–H groups in total. The van der Waals surface area contributed by atoms with Crippen molar-refractivity contribution in [3.8, 4) is 17.2 Å². The number of carbonyl (C=O) groups excluding carboxylic acids is 1. The van der Waals surface area contributed by atoms with Crippen LogP contribution in [0.5, 0.6) is 17.2 Å². The van der Waals surface area contributed by atoms with Gasteiger partial charge in [-0.3, -0.25) is 15.1 Å². The van der Waals surface area contributed by atoms with Crippen molar-refractivity contribution in [2.24, 2.45) is 4.99 Å². The fourth-order valence-corrected chi connectivity index (χ4v) is 2.19. The van der Waals surface area contributed by atoms with Crippen molar-refractivity contribution in [3.63, 3.8) is 0 Å². The van der Waals surface area contributed by atoms with Gasteiger partial charge in [-0.05, 0) is 6.92 Å². The number of carbonyl (C=O) groups is 1. The molecule has 1 heterocycles. The molecule has 1 aliphatic rings. The molecule has 1 atom stereocenters.